The second-order valence-corrected chi connectivity index (χ2v) is 5.35. The van der Waals surface area contributed by atoms with Crippen LogP contribution in [0, 0.1) is 5.41 Å². The Morgan fingerprint density at radius 2 is 1.81 bits per heavy atom. The van der Waals surface area contributed by atoms with Gasteiger partial charge in [-0.25, -0.2) is 0 Å². The Labute approximate surface area is 96.9 Å². The quantitative estimate of drug-likeness (QED) is 0.823. The maximum atomic E-state index is 9.32. The molecule has 2 nitrogen and oxygen atoms in total. The van der Waals surface area contributed by atoms with Crippen LogP contribution in [0.5, 0.6) is 0 Å². The third-order valence-electron chi connectivity index (χ3n) is 4.22. The van der Waals surface area contributed by atoms with Crippen LogP contribution in [0.1, 0.15) is 31.2 Å². The summed E-state index contributed by atoms with van der Waals surface area (Å²) in [6, 6.07) is 8.22. The third kappa shape index (κ3) is 1.52. The van der Waals surface area contributed by atoms with Crippen LogP contribution in [0.2, 0.25) is 0 Å². The number of rotatable bonds is 2. The first-order valence-electron chi connectivity index (χ1n) is 6.27. The number of anilines is 1. The molecule has 1 aromatic carbocycles. The van der Waals surface area contributed by atoms with Crippen molar-refractivity contribution in [2.24, 2.45) is 5.41 Å². The minimum Gasteiger partial charge on any atom is -0.392 e. The van der Waals surface area contributed by atoms with E-state index in [-0.39, 0.29) is 6.61 Å². The maximum Gasteiger partial charge on any atom is 0.0702 e. The summed E-state index contributed by atoms with van der Waals surface area (Å²) in [4.78, 5) is 2.43. The van der Waals surface area contributed by atoms with Gasteiger partial charge in [-0.15, -0.1) is 0 Å². The molecule has 1 aliphatic heterocycles. The average Bonchev–Trinajstić information content (AvgIpc) is 2.76. The summed E-state index contributed by atoms with van der Waals surface area (Å²) < 4.78 is 0. The van der Waals surface area contributed by atoms with E-state index in [1.165, 1.54) is 44.5 Å². The van der Waals surface area contributed by atoms with E-state index in [4.69, 9.17) is 0 Å². The highest BCUT2D eigenvalue weighted by atomic mass is 16.3. The molecule has 0 aromatic heterocycles. The zero-order valence-electron chi connectivity index (χ0n) is 9.65. The summed E-state index contributed by atoms with van der Waals surface area (Å²) in [5.41, 5.74) is 2.93. The second kappa shape index (κ2) is 3.77. The minimum atomic E-state index is 0.152. The second-order valence-electron chi connectivity index (χ2n) is 5.35. The van der Waals surface area contributed by atoms with Gasteiger partial charge in [0.25, 0.3) is 0 Å². The number of nitrogens with zero attached hydrogens (tertiary/aromatic N) is 1. The molecule has 2 fully saturated rings. The number of hydrogen-bond acceptors (Lipinski definition) is 2. The number of aliphatic hydroxyl groups excluding tert-OH is 1. The van der Waals surface area contributed by atoms with Crippen LogP contribution >= 0.6 is 0 Å². The SMILES string of the molecule is OCc1ccccc1N1CC2(CCCC2)C1. The molecular formula is C14H19NO. The zero-order chi connectivity index (χ0) is 11.0. The number of para-hydroxylation sites is 1. The molecule has 86 valence electrons. The highest BCUT2D eigenvalue weighted by molar-refractivity contribution is 5.56. The van der Waals surface area contributed by atoms with Gasteiger partial charge in [0.2, 0.25) is 0 Å². The zero-order valence-corrected chi connectivity index (χ0v) is 9.65. The van der Waals surface area contributed by atoms with E-state index in [9.17, 15) is 5.11 Å². The summed E-state index contributed by atoms with van der Waals surface area (Å²) in [7, 11) is 0. The summed E-state index contributed by atoms with van der Waals surface area (Å²) >= 11 is 0. The van der Waals surface area contributed by atoms with Crippen molar-refractivity contribution in [1.82, 2.24) is 0 Å². The predicted molar refractivity (Wildman–Crippen MR) is 65.5 cm³/mol. The van der Waals surface area contributed by atoms with Gasteiger partial charge in [0, 0.05) is 29.8 Å². The summed E-state index contributed by atoms with van der Waals surface area (Å²) in [6.07, 6.45) is 5.64. The van der Waals surface area contributed by atoms with E-state index >= 15 is 0 Å². The largest absolute Gasteiger partial charge is 0.392 e. The van der Waals surface area contributed by atoms with Gasteiger partial charge in [-0.2, -0.15) is 0 Å². The Morgan fingerprint density at radius 3 is 2.50 bits per heavy atom. The van der Waals surface area contributed by atoms with Crippen LogP contribution in [0.15, 0.2) is 24.3 Å². The van der Waals surface area contributed by atoms with Gasteiger partial charge < -0.3 is 10.0 Å². The maximum absolute atomic E-state index is 9.32. The van der Waals surface area contributed by atoms with Crippen LogP contribution < -0.4 is 4.90 Å². The highest BCUT2D eigenvalue weighted by Gasteiger charge is 2.44. The van der Waals surface area contributed by atoms with Gasteiger partial charge in [0.05, 0.1) is 6.61 Å². The lowest BCUT2D eigenvalue weighted by atomic mass is 9.78. The Balaban J connectivity index is 1.75. The van der Waals surface area contributed by atoms with Gasteiger partial charge in [0.15, 0.2) is 0 Å². The lowest BCUT2D eigenvalue weighted by Gasteiger charge is -2.50. The average molecular weight is 217 g/mol. The molecule has 1 saturated heterocycles. The van der Waals surface area contributed by atoms with Gasteiger partial charge in [-0.05, 0) is 18.9 Å². The fourth-order valence-electron chi connectivity index (χ4n) is 3.33. The summed E-state index contributed by atoms with van der Waals surface area (Å²) in [5, 5.41) is 9.32. The topological polar surface area (TPSA) is 23.5 Å². The van der Waals surface area contributed by atoms with E-state index in [2.05, 4.69) is 17.0 Å². The third-order valence-corrected chi connectivity index (χ3v) is 4.22. The molecular weight excluding hydrogens is 198 g/mol. The van der Waals surface area contributed by atoms with Crippen molar-refractivity contribution in [3.05, 3.63) is 29.8 Å². The first kappa shape index (κ1) is 10.2. The Morgan fingerprint density at radius 1 is 1.12 bits per heavy atom. The number of aliphatic hydroxyl groups is 1. The fraction of sp³-hybridized carbons (Fsp3) is 0.571. The molecule has 0 unspecified atom stereocenters. The molecule has 0 amide bonds. The molecule has 1 N–H and O–H groups in total. The molecule has 3 rings (SSSR count). The van der Waals surface area contributed by atoms with Crippen LogP contribution in [0.25, 0.3) is 0 Å². The smallest absolute Gasteiger partial charge is 0.0702 e. The van der Waals surface area contributed by atoms with Crippen molar-refractivity contribution in [3.8, 4) is 0 Å². The van der Waals surface area contributed by atoms with Crippen molar-refractivity contribution in [1.29, 1.82) is 0 Å². The van der Waals surface area contributed by atoms with E-state index in [0.717, 1.165) is 5.56 Å². The van der Waals surface area contributed by atoms with Crippen LogP contribution in [0.3, 0.4) is 0 Å². The van der Waals surface area contributed by atoms with Crippen molar-refractivity contribution >= 4 is 5.69 Å². The molecule has 1 heterocycles. The van der Waals surface area contributed by atoms with E-state index in [1.807, 2.05) is 12.1 Å². The van der Waals surface area contributed by atoms with Gasteiger partial charge >= 0.3 is 0 Å². The lowest BCUT2D eigenvalue weighted by molar-refractivity contribution is 0.219. The first-order chi connectivity index (χ1) is 7.83. The molecule has 2 heteroatoms. The van der Waals surface area contributed by atoms with E-state index < -0.39 is 0 Å². The normalized spacial score (nSPS) is 22.4. The molecule has 1 saturated carbocycles. The van der Waals surface area contributed by atoms with Crippen LogP contribution in [-0.2, 0) is 6.61 Å². The Hall–Kier alpha value is -1.02. The molecule has 0 bridgehead atoms. The Kier molecular flexibility index (Phi) is 2.40. The first-order valence-corrected chi connectivity index (χ1v) is 6.27. The lowest BCUT2D eigenvalue weighted by Crippen LogP contribution is -2.55. The van der Waals surface area contributed by atoms with Crippen molar-refractivity contribution in [2.75, 3.05) is 18.0 Å². The van der Waals surface area contributed by atoms with Gasteiger partial charge in [-0.3, -0.25) is 0 Å². The molecule has 0 radical (unpaired) electrons. The van der Waals surface area contributed by atoms with E-state index in [0.29, 0.717) is 5.41 Å². The van der Waals surface area contributed by atoms with Gasteiger partial charge in [0.1, 0.15) is 0 Å². The highest BCUT2D eigenvalue weighted by Crippen LogP contribution is 2.47. The van der Waals surface area contributed by atoms with Crippen molar-refractivity contribution < 1.29 is 5.11 Å². The predicted octanol–water partition coefficient (Wildman–Crippen LogP) is 2.56. The monoisotopic (exact) mass is 217 g/mol. The number of hydrogen-bond donors (Lipinski definition) is 1. The molecule has 2 aliphatic rings. The molecule has 1 aromatic rings. The molecule has 0 atom stereocenters. The standard InChI is InChI=1S/C14H19NO/c16-9-12-5-1-2-6-13(12)15-10-14(11-15)7-3-4-8-14/h1-2,5-6,16H,3-4,7-11H2. The molecule has 1 aliphatic carbocycles. The summed E-state index contributed by atoms with van der Waals surface area (Å²) in [6.45, 7) is 2.55. The van der Waals surface area contributed by atoms with E-state index in [1.54, 1.807) is 0 Å². The number of benzene rings is 1. The van der Waals surface area contributed by atoms with Gasteiger partial charge in [-0.1, -0.05) is 31.0 Å². The fourth-order valence-corrected chi connectivity index (χ4v) is 3.33. The minimum absolute atomic E-state index is 0.152. The molecule has 16 heavy (non-hydrogen) atoms. The summed E-state index contributed by atoms with van der Waals surface area (Å²) in [5.74, 6) is 0. The van der Waals surface area contributed by atoms with Crippen molar-refractivity contribution in [2.45, 2.75) is 32.3 Å². The van der Waals surface area contributed by atoms with Crippen molar-refractivity contribution in [3.63, 3.8) is 0 Å². The van der Waals surface area contributed by atoms with Crippen LogP contribution in [0.4, 0.5) is 5.69 Å². The molecule has 1 spiro atoms. The Bertz CT molecular complexity index is 374. The van der Waals surface area contributed by atoms with Crippen LogP contribution in [-0.4, -0.2) is 18.2 Å².